The molecule has 0 spiro atoms. The second kappa shape index (κ2) is 7.82. The van der Waals surface area contributed by atoms with Crippen LogP contribution in [0, 0.1) is 0 Å². The van der Waals surface area contributed by atoms with Crippen LogP contribution < -0.4 is 0 Å². The second-order valence-corrected chi connectivity index (χ2v) is 6.26. The van der Waals surface area contributed by atoms with Gasteiger partial charge in [-0.1, -0.05) is 54.6 Å². The summed E-state index contributed by atoms with van der Waals surface area (Å²) in [6, 6.07) is 17.7. The quantitative estimate of drug-likeness (QED) is 0.836. The highest BCUT2D eigenvalue weighted by Gasteiger charge is 2.31. The fourth-order valence-electron chi connectivity index (χ4n) is 2.81. The first-order valence-corrected chi connectivity index (χ1v) is 8.51. The highest BCUT2D eigenvalue weighted by Crippen LogP contribution is 2.27. The number of hydrogen-bond acceptors (Lipinski definition) is 2. The van der Waals surface area contributed by atoms with Crippen LogP contribution in [0.2, 0.25) is 0 Å². The second-order valence-electron chi connectivity index (χ2n) is 6.26. The molecule has 0 aliphatic heterocycles. The van der Waals surface area contributed by atoms with E-state index >= 15 is 0 Å². The largest absolute Gasteiger partial charge is 0.508 e. The van der Waals surface area contributed by atoms with Crippen LogP contribution in [0.4, 0.5) is 0 Å². The fraction of sp³-hybridized carbons (Fsp3) is 0.286. The van der Waals surface area contributed by atoms with Crippen LogP contribution in [-0.2, 0) is 11.2 Å². The summed E-state index contributed by atoms with van der Waals surface area (Å²) < 4.78 is 0. The van der Waals surface area contributed by atoms with E-state index in [0.29, 0.717) is 25.4 Å². The summed E-state index contributed by atoms with van der Waals surface area (Å²) in [5.74, 6) is 0.448. The van der Waals surface area contributed by atoms with Gasteiger partial charge in [-0.2, -0.15) is 0 Å². The van der Waals surface area contributed by atoms with Gasteiger partial charge in [0.05, 0.1) is 0 Å². The lowest BCUT2D eigenvalue weighted by atomic mass is 10.1. The van der Waals surface area contributed by atoms with Crippen LogP contribution in [0.1, 0.15) is 30.4 Å². The summed E-state index contributed by atoms with van der Waals surface area (Å²) in [5.41, 5.74) is 2.15. The molecule has 1 aliphatic carbocycles. The van der Waals surface area contributed by atoms with E-state index in [1.165, 1.54) is 0 Å². The zero-order chi connectivity index (χ0) is 16.8. The van der Waals surface area contributed by atoms with Gasteiger partial charge in [0.15, 0.2) is 0 Å². The van der Waals surface area contributed by atoms with Crippen LogP contribution in [0.25, 0.3) is 6.08 Å². The molecule has 1 amide bonds. The predicted octanol–water partition coefficient (Wildman–Crippen LogP) is 4.03. The van der Waals surface area contributed by atoms with Crippen molar-refractivity contribution < 1.29 is 9.90 Å². The van der Waals surface area contributed by atoms with Gasteiger partial charge in [-0.3, -0.25) is 4.79 Å². The number of carbonyl (C=O) groups excluding carboxylic acids is 1. The van der Waals surface area contributed by atoms with Crippen LogP contribution >= 0.6 is 0 Å². The lowest BCUT2D eigenvalue weighted by Crippen LogP contribution is -2.33. The number of aromatic hydroxyl groups is 1. The van der Waals surface area contributed by atoms with Crippen molar-refractivity contribution in [2.24, 2.45) is 0 Å². The minimum absolute atomic E-state index is 0.193. The first kappa shape index (κ1) is 16.3. The highest BCUT2D eigenvalue weighted by molar-refractivity contribution is 5.77. The number of aryl methyl sites for hydroxylation is 1. The van der Waals surface area contributed by atoms with Gasteiger partial charge in [0.25, 0.3) is 0 Å². The SMILES string of the molecule is O=C(CCc1cccc(O)c1)N(CC=Cc1ccccc1)C1CC1. The van der Waals surface area contributed by atoms with E-state index in [2.05, 4.69) is 24.3 Å². The van der Waals surface area contributed by atoms with Gasteiger partial charge in [0.2, 0.25) is 5.91 Å². The summed E-state index contributed by atoms with van der Waals surface area (Å²) in [4.78, 5) is 14.5. The smallest absolute Gasteiger partial charge is 0.223 e. The molecular weight excluding hydrogens is 298 g/mol. The zero-order valence-electron chi connectivity index (χ0n) is 13.8. The van der Waals surface area contributed by atoms with Gasteiger partial charge in [0.1, 0.15) is 5.75 Å². The molecule has 24 heavy (non-hydrogen) atoms. The Morgan fingerprint density at radius 1 is 1.12 bits per heavy atom. The molecule has 3 rings (SSSR count). The minimum atomic E-state index is 0.193. The Morgan fingerprint density at radius 2 is 1.92 bits per heavy atom. The molecule has 1 fully saturated rings. The molecule has 0 atom stereocenters. The molecule has 1 saturated carbocycles. The average molecular weight is 321 g/mol. The van der Waals surface area contributed by atoms with Crippen molar-refractivity contribution in [2.75, 3.05) is 6.54 Å². The lowest BCUT2D eigenvalue weighted by Gasteiger charge is -2.21. The fourth-order valence-corrected chi connectivity index (χ4v) is 2.81. The number of hydrogen-bond donors (Lipinski definition) is 1. The van der Waals surface area contributed by atoms with E-state index in [4.69, 9.17) is 0 Å². The lowest BCUT2D eigenvalue weighted by molar-refractivity contribution is -0.131. The van der Waals surface area contributed by atoms with E-state index in [9.17, 15) is 9.90 Å². The molecule has 124 valence electrons. The van der Waals surface area contributed by atoms with Crippen molar-refractivity contribution in [3.8, 4) is 5.75 Å². The summed E-state index contributed by atoms with van der Waals surface area (Å²) in [5, 5.41) is 9.51. The maximum Gasteiger partial charge on any atom is 0.223 e. The van der Waals surface area contributed by atoms with Crippen LogP contribution in [0.3, 0.4) is 0 Å². The number of phenols is 1. The van der Waals surface area contributed by atoms with Crippen LogP contribution in [-0.4, -0.2) is 28.5 Å². The van der Waals surface area contributed by atoms with E-state index in [1.54, 1.807) is 12.1 Å². The van der Waals surface area contributed by atoms with Crippen molar-refractivity contribution in [3.05, 3.63) is 71.8 Å². The molecule has 2 aromatic rings. The van der Waals surface area contributed by atoms with Crippen molar-refractivity contribution in [1.29, 1.82) is 0 Å². The molecular formula is C21H23NO2. The molecule has 3 heteroatoms. The van der Waals surface area contributed by atoms with Crippen molar-refractivity contribution >= 4 is 12.0 Å². The van der Waals surface area contributed by atoms with Gasteiger partial charge in [-0.25, -0.2) is 0 Å². The molecule has 0 bridgehead atoms. The molecule has 0 radical (unpaired) electrons. The molecule has 1 aliphatic rings. The monoisotopic (exact) mass is 321 g/mol. The maximum absolute atomic E-state index is 12.6. The Labute approximate surface area is 143 Å². The number of nitrogens with zero attached hydrogens (tertiary/aromatic N) is 1. The highest BCUT2D eigenvalue weighted by atomic mass is 16.3. The minimum Gasteiger partial charge on any atom is -0.508 e. The van der Waals surface area contributed by atoms with E-state index in [0.717, 1.165) is 24.0 Å². The normalized spacial score (nSPS) is 14.0. The van der Waals surface area contributed by atoms with Gasteiger partial charge in [-0.15, -0.1) is 0 Å². The molecule has 2 aromatic carbocycles. The third-order valence-corrected chi connectivity index (χ3v) is 4.26. The zero-order valence-corrected chi connectivity index (χ0v) is 13.8. The van der Waals surface area contributed by atoms with Gasteiger partial charge in [0, 0.05) is 19.0 Å². The number of rotatable bonds is 7. The molecule has 3 nitrogen and oxygen atoms in total. The molecule has 0 saturated heterocycles. The maximum atomic E-state index is 12.6. The summed E-state index contributed by atoms with van der Waals surface area (Å²) in [7, 11) is 0. The summed E-state index contributed by atoms with van der Waals surface area (Å²) >= 11 is 0. The third-order valence-electron chi connectivity index (χ3n) is 4.26. The predicted molar refractivity (Wildman–Crippen MR) is 96.6 cm³/mol. The van der Waals surface area contributed by atoms with Gasteiger partial charge < -0.3 is 10.0 Å². The Morgan fingerprint density at radius 3 is 2.62 bits per heavy atom. The van der Waals surface area contributed by atoms with E-state index in [-0.39, 0.29) is 11.7 Å². The number of benzene rings is 2. The molecule has 1 N–H and O–H groups in total. The first-order valence-electron chi connectivity index (χ1n) is 8.51. The van der Waals surface area contributed by atoms with Crippen LogP contribution in [0.15, 0.2) is 60.7 Å². The molecule has 0 heterocycles. The van der Waals surface area contributed by atoms with Crippen molar-refractivity contribution in [1.82, 2.24) is 4.90 Å². The summed E-state index contributed by atoms with van der Waals surface area (Å²) in [6.45, 7) is 0.665. The average Bonchev–Trinajstić information content (AvgIpc) is 3.42. The van der Waals surface area contributed by atoms with Crippen molar-refractivity contribution in [2.45, 2.75) is 31.7 Å². The Hall–Kier alpha value is -2.55. The van der Waals surface area contributed by atoms with Crippen molar-refractivity contribution in [3.63, 3.8) is 0 Å². The molecule has 0 unspecified atom stereocenters. The van der Waals surface area contributed by atoms with E-state index in [1.807, 2.05) is 35.2 Å². The Balaban J connectivity index is 1.55. The number of amides is 1. The third kappa shape index (κ3) is 4.72. The van der Waals surface area contributed by atoms with Gasteiger partial charge >= 0.3 is 0 Å². The van der Waals surface area contributed by atoms with E-state index < -0.39 is 0 Å². The van der Waals surface area contributed by atoms with Gasteiger partial charge in [-0.05, 0) is 42.5 Å². The Kier molecular flexibility index (Phi) is 5.32. The van der Waals surface area contributed by atoms with Crippen LogP contribution in [0.5, 0.6) is 5.75 Å². The Bertz CT molecular complexity index is 705. The first-order chi connectivity index (χ1) is 11.7. The summed E-state index contributed by atoms with van der Waals surface area (Å²) in [6.07, 6.45) is 7.50. The topological polar surface area (TPSA) is 40.5 Å². The standard InChI is InChI=1S/C21H23NO2/c23-20-10-4-8-18(16-20)11-14-21(24)22(19-12-13-19)15-5-9-17-6-2-1-3-7-17/h1-10,16,19,23H,11-15H2. The molecule has 0 aromatic heterocycles. The number of carbonyl (C=O) groups is 1. The number of phenolic OH excluding ortho intramolecular Hbond substituents is 1.